The van der Waals surface area contributed by atoms with Crippen molar-refractivity contribution in [2.75, 3.05) is 6.73 Å². The van der Waals surface area contributed by atoms with Crippen LogP contribution in [0.5, 0.6) is 0 Å². The van der Waals surface area contributed by atoms with E-state index in [1.165, 1.54) is 39.1 Å². The minimum Gasteiger partial charge on any atom is -0.480 e. The van der Waals surface area contributed by atoms with Crippen LogP contribution < -0.4 is 0 Å². The van der Waals surface area contributed by atoms with Crippen LogP contribution in [0.4, 0.5) is 4.39 Å². The van der Waals surface area contributed by atoms with Crippen molar-refractivity contribution in [1.29, 1.82) is 0 Å². The maximum absolute atomic E-state index is 13.8. The standard InChI is InChI=1S/C14H15FN2O4/c1-8-10(9-5-4-6-16-11(9)15)12(18)17(7-21-8)14(2,3)13(19)20/h4-6H,7H2,1-3H3,(H,19,20). The van der Waals surface area contributed by atoms with E-state index in [4.69, 9.17) is 4.74 Å². The van der Waals surface area contributed by atoms with E-state index >= 15 is 0 Å². The number of pyridine rings is 1. The first-order chi connectivity index (χ1) is 9.76. The highest BCUT2D eigenvalue weighted by Crippen LogP contribution is 2.31. The Kier molecular flexibility index (Phi) is 3.67. The second-order valence-electron chi connectivity index (χ2n) is 5.14. The van der Waals surface area contributed by atoms with Gasteiger partial charge in [0.1, 0.15) is 11.3 Å². The zero-order valence-electron chi connectivity index (χ0n) is 11.9. The van der Waals surface area contributed by atoms with Gasteiger partial charge >= 0.3 is 5.97 Å². The summed E-state index contributed by atoms with van der Waals surface area (Å²) < 4.78 is 19.2. The van der Waals surface area contributed by atoms with E-state index in [1.54, 1.807) is 0 Å². The molecule has 6 nitrogen and oxygen atoms in total. The Morgan fingerprint density at radius 3 is 2.76 bits per heavy atom. The molecule has 0 saturated carbocycles. The van der Waals surface area contributed by atoms with E-state index in [0.29, 0.717) is 0 Å². The normalized spacial score (nSPS) is 16.0. The average Bonchev–Trinajstić information content (AvgIpc) is 2.40. The van der Waals surface area contributed by atoms with Gasteiger partial charge in [-0.1, -0.05) is 0 Å². The molecule has 0 aliphatic carbocycles. The number of carboxylic acids is 1. The first-order valence-corrected chi connectivity index (χ1v) is 6.26. The smallest absolute Gasteiger partial charge is 0.329 e. The van der Waals surface area contributed by atoms with E-state index in [0.717, 1.165) is 4.90 Å². The van der Waals surface area contributed by atoms with E-state index in [-0.39, 0.29) is 23.6 Å². The molecule has 2 heterocycles. The molecule has 1 amide bonds. The van der Waals surface area contributed by atoms with Crippen LogP contribution in [0.25, 0.3) is 5.57 Å². The minimum absolute atomic E-state index is 0.00844. The van der Waals surface area contributed by atoms with Crippen molar-refractivity contribution in [1.82, 2.24) is 9.88 Å². The third-order valence-electron chi connectivity index (χ3n) is 3.45. The number of rotatable bonds is 3. The number of carbonyl (C=O) groups is 2. The molecule has 0 radical (unpaired) electrons. The Balaban J connectivity index is 2.50. The van der Waals surface area contributed by atoms with Crippen molar-refractivity contribution in [2.24, 2.45) is 0 Å². The number of amides is 1. The molecule has 0 spiro atoms. The number of aliphatic carboxylic acids is 1. The van der Waals surface area contributed by atoms with Crippen LogP contribution in [0.3, 0.4) is 0 Å². The maximum atomic E-state index is 13.8. The third-order valence-corrected chi connectivity index (χ3v) is 3.45. The van der Waals surface area contributed by atoms with Gasteiger partial charge in [0.25, 0.3) is 5.91 Å². The highest BCUT2D eigenvalue weighted by Gasteiger charge is 2.42. The van der Waals surface area contributed by atoms with E-state index in [1.807, 2.05) is 0 Å². The van der Waals surface area contributed by atoms with Crippen LogP contribution in [0.1, 0.15) is 26.3 Å². The van der Waals surface area contributed by atoms with Crippen molar-refractivity contribution >= 4 is 17.4 Å². The number of allylic oxidation sites excluding steroid dienone is 1. The number of carbonyl (C=O) groups excluding carboxylic acids is 1. The second-order valence-corrected chi connectivity index (χ2v) is 5.14. The van der Waals surface area contributed by atoms with Crippen molar-refractivity contribution in [3.63, 3.8) is 0 Å². The lowest BCUT2D eigenvalue weighted by Gasteiger charge is -2.38. The number of hydrogen-bond acceptors (Lipinski definition) is 4. The molecule has 7 heteroatoms. The summed E-state index contributed by atoms with van der Waals surface area (Å²) in [5, 5.41) is 9.24. The summed E-state index contributed by atoms with van der Waals surface area (Å²) in [5.41, 5.74) is -1.49. The average molecular weight is 294 g/mol. The number of nitrogens with zero attached hydrogens (tertiary/aromatic N) is 2. The van der Waals surface area contributed by atoms with Gasteiger partial charge in [0, 0.05) is 11.8 Å². The second kappa shape index (κ2) is 5.16. The summed E-state index contributed by atoms with van der Waals surface area (Å²) >= 11 is 0. The Hall–Kier alpha value is -2.44. The summed E-state index contributed by atoms with van der Waals surface area (Å²) in [7, 11) is 0. The van der Waals surface area contributed by atoms with Gasteiger partial charge in [0.2, 0.25) is 5.95 Å². The summed E-state index contributed by atoms with van der Waals surface area (Å²) in [5.74, 6) is -2.34. The Labute approximate surface area is 120 Å². The topological polar surface area (TPSA) is 79.7 Å². The molecule has 1 N–H and O–H groups in total. The van der Waals surface area contributed by atoms with Gasteiger partial charge in [-0.2, -0.15) is 4.39 Å². The molecule has 0 atom stereocenters. The summed E-state index contributed by atoms with van der Waals surface area (Å²) in [4.78, 5) is 28.4. The molecule has 0 saturated heterocycles. The number of aromatic nitrogens is 1. The molecule has 1 aliphatic heterocycles. The molecular weight excluding hydrogens is 279 g/mol. The highest BCUT2D eigenvalue weighted by atomic mass is 19.1. The SMILES string of the molecule is CC1=C(c2cccnc2F)C(=O)N(C(C)(C)C(=O)O)CO1. The Morgan fingerprint density at radius 2 is 2.19 bits per heavy atom. The van der Waals surface area contributed by atoms with E-state index in [2.05, 4.69) is 4.98 Å². The van der Waals surface area contributed by atoms with Crippen LogP contribution in [0, 0.1) is 5.95 Å². The van der Waals surface area contributed by atoms with Crippen LogP contribution in [0.15, 0.2) is 24.1 Å². The molecular formula is C14H15FN2O4. The fourth-order valence-electron chi connectivity index (χ4n) is 1.99. The predicted molar refractivity (Wildman–Crippen MR) is 71.3 cm³/mol. The number of ether oxygens (including phenoxy) is 1. The maximum Gasteiger partial charge on any atom is 0.329 e. The number of hydrogen-bond donors (Lipinski definition) is 1. The lowest BCUT2D eigenvalue weighted by molar-refractivity contribution is -0.160. The first-order valence-electron chi connectivity index (χ1n) is 6.26. The fourth-order valence-corrected chi connectivity index (χ4v) is 1.99. The molecule has 0 aromatic carbocycles. The predicted octanol–water partition coefficient (Wildman–Crippen LogP) is 1.63. The van der Waals surface area contributed by atoms with Gasteiger partial charge in [-0.25, -0.2) is 9.78 Å². The van der Waals surface area contributed by atoms with E-state index < -0.39 is 23.4 Å². The molecule has 1 aromatic heterocycles. The molecule has 0 bridgehead atoms. The Morgan fingerprint density at radius 1 is 1.52 bits per heavy atom. The van der Waals surface area contributed by atoms with Crippen LogP contribution in [-0.2, 0) is 14.3 Å². The lowest BCUT2D eigenvalue weighted by Crippen LogP contribution is -2.55. The highest BCUT2D eigenvalue weighted by molar-refractivity contribution is 6.21. The molecule has 1 aromatic rings. The van der Waals surface area contributed by atoms with Crippen molar-refractivity contribution < 1.29 is 23.8 Å². The van der Waals surface area contributed by atoms with Gasteiger partial charge in [-0.05, 0) is 32.9 Å². The number of carboxylic acid groups (broad SMARTS) is 1. The van der Waals surface area contributed by atoms with Gasteiger partial charge in [-0.15, -0.1) is 0 Å². The van der Waals surface area contributed by atoms with Crippen LogP contribution >= 0.6 is 0 Å². The minimum atomic E-state index is -1.47. The molecule has 2 rings (SSSR count). The van der Waals surface area contributed by atoms with Gasteiger partial charge in [0.15, 0.2) is 6.73 Å². The van der Waals surface area contributed by atoms with Crippen molar-refractivity contribution in [2.45, 2.75) is 26.3 Å². The zero-order chi connectivity index (χ0) is 15.8. The first kappa shape index (κ1) is 15.0. The monoisotopic (exact) mass is 294 g/mol. The zero-order valence-corrected chi connectivity index (χ0v) is 11.9. The van der Waals surface area contributed by atoms with Crippen LogP contribution in [0.2, 0.25) is 0 Å². The van der Waals surface area contributed by atoms with Gasteiger partial charge in [0.05, 0.1) is 5.57 Å². The largest absolute Gasteiger partial charge is 0.480 e. The van der Waals surface area contributed by atoms with Crippen LogP contribution in [-0.4, -0.2) is 39.1 Å². The summed E-state index contributed by atoms with van der Waals surface area (Å²) in [6.45, 7) is 4.10. The number of halogens is 1. The van der Waals surface area contributed by atoms with Gasteiger partial charge in [-0.3, -0.25) is 9.69 Å². The lowest BCUT2D eigenvalue weighted by atomic mass is 9.98. The molecule has 0 unspecified atom stereocenters. The van der Waals surface area contributed by atoms with Gasteiger partial charge < -0.3 is 9.84 Å². The van der Waals surface area contributed by atoms with E-state index in [9.17, 15) is 19.1 Å². The molecule has 112 valence electrons. The Bertz CT molecular complexity index is 640. The quantitative estimate of drug-likeness (QED) is 0.857. The summed E-state index contributed by atoms with van der Waals surface area (Å²) in [6, 6.07) is 2.90. The molecule has 1 aliphatic rings. The molecule has 0 fully saturated rings. The third kappa shape index (κ3) is 2.46. The molecule has 21 heavy (non-hydrogen) atoms. The fraction of sp³-hybridized carbons (Fsp3) is 0.357. The van der Waals surface area contributed by atoms with Crippen molar-refractivity contribution in [3.05, 3.63) is 35.6 Å². The van der Waals surface area contributed by atoms with Crippen molar-refractivity contribution in [3.8, 4) is 0 Å². The summed E-state index contributed by atoms with van der Waals surface area (Å²) in [6.07, 6.45) is 1.27.